The summed E-state index contributed by atoms with van der Waals surface area (Å²) < 4.78 is 27.0. The highest BCUT2D eigenvalue weighted by molar-refractivity contribution is 4.95. The van der Waals surface area contributed by atoms with Crippen LogP contribution in [0.25, 0.3) is 0 Å². The van der Waals surface area contributed by atoms with Gasteiger partial charge in [0.2, 0.25) is 0 Å². The van der Waals surface area contributed by atoms with Crippen LogP contribution in [0.2, 0.25) is 0 Å². The van der Waals surface area contributed by atoms with Crippen LogP contribution in [0.1, 0.15) is 13.8 Å². The first-order valence-electron chi connectivity index (χ1n) is 10.3. The number of rotatable bonds is 5. The molecule has 0 aliphatic carbocycles. The number of hydrogen-bond donors (Lipinski definition) is 9. The summed E-state index contributed by atoms with van der Waals surface area (Å²) in [5, 5.41) is 90.5. The zero-order valence-electron chi connectivity index (χ0n) is 17.4. The highest BCUT2D eigenvalue weighted by Gasteiger charge is 2.52. The van der Waals surface area contributed by atoms with Crippen molar-refractivity contribution in [2.75, 3.05) is 6.61 Å². The maximum Gasteiger partial charge on any atom is 0.187 e. The molecule has 0 aromatic rings. The van der Waals surface area contributed by atoms with Crippen molar-refractivity contribution < 1.29 is 69.6 Å². The summed E-state index contributed by atoms with van der Waals surface area (Å²) >= 11 is 0. The van der Waals surface area contributed by atoms with Gasteiger partial charge in [0, 0.05) is 0 Å². The van der Waals surface area contributed by atoms with Gasteiger partial charge in [-0.3, -0.25) is 0 Å². The molecule has 0 radical (unpaired) electrons. The standard InChI is InChI=1S/C18H32O14/c1-4-7(20)10(23)12(25)17(29-4)32-15-14(8(21)5(2)28-16(15)27)31-18-13(26)11(24)9(22)6(3-19)30-18/h4-27H,3H2,1-2H3/t4-,5-,6+,7-,8-,9+,10+,11-,12+,13+,14+,15+,16?,17-,18+/m0/s1. The second-order valence-corrected chi connectivity index (χ2v) is 8.30. The zero-order chi connectivity index (χ0) is 23.9. The summed E-state index contributed by atoms with van der Waals surface area (Å²) in [6.45, 7) is 2.13. The van der Waals surface area contributed by atoms with E-state index in [0.29, 0.717) is 0 Å². The van der Waals surface area contributed by atoms with Gasteiger partial charge in [-0.1, -0.05) is 0 Å². The maximum atomic E-state index is 10.6. The minimum Gasteiger partial charge on any atom is -0.394 e. The van der Waals surface area contributed by atoms with Crippen LogP contribution in [0.15, 0.2) is 0 Å². The minimum absolute atomic E-state index is 0.708. The van der Waals surface area contributed by atoms with E-state index in [9.17, 15) is 46.0 Å². The van der Waals surface area contributed by atoms with E-state index in [1.54, 1.807) is 0 Å². The van der Waals surface area contributed by atoms with Crippen molar-refractivity contribution in [2.24, 2.45) is 0 Å². The van der Waals surface area contributed by atoms with Crippen LogP contribution >= 0.6 is 0 Å². The molecule has 15 atom stereocenters. The van der Waals surface area contributed by atoms with Crippen molar-refractivity contribution in [3.8, 4) is 0 Å². The number of aliphatic hydroxyl groups is 9. The van der Waals surface area contributed by atoms with Crippen molar-refractivity contribution in [1.29, 1.82) is 0 Å². The van der Waals surface area contributed by atoms with E-state index in [1.165, 1.54) is 13.8 Å². The Kier molecular flexibility index (Phi) is 8.44. The van der Waals surface area contributed by atoms with Gasteiger partial charge in [0.1, 0.15) is 61.0 Å². The van der Waals surface area contributed by atoms with E-state index < -0.39 is 98.7 Å². The fourth-order valence-electron chi connectivity index (χ4n) is 3.92. The van der Waals surface area contributed by atoms with Crippen molar-refractivity contribution >= 4 is 0 Å². The molecule has 3 saturated heterocycles. The predicted octanol–water partition coefficient (Wildman–Crippen LogP) is -5.52. The first-order valence-corrected chi connectivity index (χ1v) is 10.3. The first kappa shape index (κ1) is 26.1. The zero-order valence-corrected chi connectivity index (χ0v) is 17.4. The van der Waals surface area contributed by atoms with Gasteiger partial charge >= 0.3 is 0 Å². The number of aliphatic hydroxyl groups excluding tert-OH is 9. The van der Waals surface area contributed by atoms with Crippen LogP contribution in [0, 0.1) is 0 Å². The smallest absolute Gasteiger partial charge is 0.187 e. The molecule has 9 N–H and O–H groups in total. The molecule has 3 heterocycles. The quantitative estimate of drug-likeness (QED) is 0.182. The molecule has 3 fully saturated rings. The molecule has 0 aromatic carbocycles. The van der Waals surface area contributed by atoms with Gasteiger partial charge in [-0.25, -0.2) is 0 Å². The monoisotopic (exact) mass is 472 g/mol. The Labute approximate surface area is 183 Å². The molecule has 3 rings (SSSR count). The summed E-state index contributed by atoms with van der Waals surface area (Å²) in [7, 11) is 0. The summed E-state index contributed by atoms with van der Waals surface area (Å²) in [4.78, 5) is 0. The van der Waals surface area contributed by atoms with Crippen molar-refractivity contribution in [3.63, 3.8) is 0 Å². The summed E-state index contributed by atoms with van der Waals surface area (Å²) in [5.41, 5.74) is 0. The van der Waals surface area contributed by atoms with Crippen LogP contribution in [0.5, 0.6) is 0 Å². The normalized spacial score (nSPS) is 55.0. The van der Waals surface area contributed by atoms with Crippen molar-refractivity contribution in [1.82, 2.24) is 0 Å². The Balaban J connectivity index is 1.79. The Morgan fingerprint density at radius 1 is 0.562 bits per heavy atom. The average molecular weight is 472 g/mol. The van der Waals surface area contributed by atoms with Crippen LogP contribution < -0.4 is 0 Å². The summed E-state index contributed by atoms with van der Waals surface area (Å²) in [6.07, 6.45) is -22.6. The molecular formula is C18H32O14. The van der Waals surface area contributed by atoms with Crippen LogP contribution in [-0.4, -0.2) is 145 Å². The van der Waals surface area contributed by atoms with E-state index in [-0.39, 0.29) is 0 Å². The largest absolute Gasteiger partial charge is 0.394 e. The lowest BCUT2D eigenvalue weighted by atomic mass is 9.96. The minimum atomic E-state index is -1.79. The third kappa shape index (κ3) is 4.94. The molecule has 14 nitrogen and oxygen atoms in total. The number of ether oxygens (including phenoxy) is 5. The average Bonchev–Trinajstić information content (AvgIpc) is 2.76. The Morgan fingerprint density at radius 3 is 1.66 bits per heavy atom. The molecular weight excluding hydrogens is 440 g/mol. The molecule has 0 saturated carbocycles. The lowest BCUT2D eigenvalue weighted by Gasteiger charge is -2.47. The van der Waals surface area contributed by atoms with E-state index >= 15 is 0 Å². The third-order valence-corrected chi connectivity index (χ3v) is 6.02. The lowest BCUT2D eigenvalue weighted by Crippen LogP contribution is -2.66. The Morgan fingerprint density at radius 2 is 1.06 bits per heavy atom. The molecule has 3 aliphatic heterocycles. The van der Waals surface area contributed by atoms with Gasteiger partial charge in [-0.15, -0.1) is 0 Å². The molecule has 0 amide bonds. The fraction of sp³-hybridized carbons (Fsp3) is 1.00. The Bertz CT molecular complexity index is 608. The summed E-state index contributed by atoms with van der Waals surface area (Å²) in [5.74, 6) is 0. The van der Waals surface area contributed by atoms with Gasteiger partial charge in [0.05, 0.1) is 18.8 Å². The second-order valence-electron chi connectivity index (χ2n) is 8.30. The van der Waals surface area contributed by atoms with E-state index in [2.05, 4.69) is 0 Å². The van der Waals surface area contributed by atoms with Gasteiger partial charge < -0.3 is 69.6 Å². The van der Waals surface area contributed by atoms with E-state index in [0.717, 1.165) is 0 Å². The van der Waals surface area contributed by atoms with Crippen LogP contribution in [-0.2, 0) is 23.7 Å². The molecule has 3 aliphatic rings. The van der Waals surface area contributed by atoms with Gasteiger partial charge in [-0.2, -0.15) is 0 Å². The molecule has 32 heavy (non-hydrogen) atoms. The highest BCUT2D eigenvalue weighted by Crippen LogP contribution is 2.32. The van der Waals surface area contributed by atoms with Crippen LogP contribution in [0.4, 0.5) is 0 Å². The third-order valence-electron chi connectivity index (χ3n) is 6.02. The van der Waals surface area contributed by atoms with Gasteiger partial charge in [0.25, 0.3) is 0 Å². The van der Waals surface area contributed by atoms with Gasteiger partial charge in [0.15, 0.2) is 18.9 Å². The van der Waals surface area contributed by atoms with Gasteiger partial charge in [-0.05, 0) is 13.8 Å². The highest BCUT2D eigenvalue weighted by atomic mass is 16.8. The lowest BCUT2D eigenvalue weighted by molar-refractivity contribution is -0.384. The molecule has 188 valence electrons. The second kappa shape index (κ2) is 10.4. The summed E-state index contributed by atoms with van der Waals surface area (Å²) in [6, 6.07) is 0. The molecule has 0 spiro atoms. The number of hydrogen-bond acceptors (Lipinski definition) is 14. The van der Waals surface area contributed by atoms with Crippen molar-refractivity contribution in [3.05, 3.63) is 0 Å². The molecule has 0 aromatic heterocycles. The Hall–Kier alpha value is -0.560. The SMILES string of the molecule is C[C@@H]1O[C@@H](O[C@H]2C(O)O[C@@H](C)[C@H](O)[C@H]2O[C@H]2O[C@H](CO)[C@@H](O)[C@H](O)[C@H]2O)[C@H](O)[C@H](O)[C@H]1O. The topological polar surface area (TPSA) is 228 Å². The molecule has 1 unspecified atom stereocenters. The molecule has 14 heteroatoms. The molecule has 0 bridgehead atoms. The van der Waals surface area contributed by atoms with E-state index in [4.69, 9.17) is 23.7 Å². The van der Waals surface area contributed by atoms with E-state index in [1.807, 2.05) is 0 Å². The van der Waals surface area contributed by atoms with Crippen LogP contribution in [0.3, 0.4) is 0 Å². The maximum absolute atomic E-state index is 10.6. The van der Waals surface area contributed by atoms with Crippen molar-refractivity contribution in [2.45, 2.75) is 106 Å². The first-order chi connectivity index (χ1) is 15.0. The predicted molar refractivity (Wildman–Crippen MR) is 98.4 cm³/mol. The fourth-order valence-corrected chi connectivity index (χ4v) is 3.92.